The minimum atomic E-state index is -0.849. The predicted molar refractivity (Wildman–Crippen MR) is 78.6 cm³/mol. The van der Waals surface area contributed by atoms with Gasteiger partial charge in [0.2, 0.25) is 5.91 Å². The number of nitrogens with one attached hydrogen (secondary N) is 1. The predicted octanol–water partition coefficient (Wildman–Crippen LogP) is 2.26. The molecular formula is C15H18ClNO4. The Kier molecular flexibility index (Phi) is 5.07. The quantitative estimate of drug-likeness (QED) is 0.874. The summed E-state index contributed by atoms with van der Waals surface area (Å²) in [6, 6.07) is 4.79. The first-order valence-electron chi connectivity index (χ1n) is 6.86. The lowest BCUT2D eigenvalue weighted by Gasteiger charge is -2.18. The van der Waals surface area contributed by atoms with Crippen LogP contribution < -0.4 is 10.1 Å². The summed E-state index contributed by atoms with van der Waals surface area (Å²) in [5.74, 6) is -0.960. The second-order valence-electron chi connectivity index (χ2n) is 5.18. The normalized spacial score (nSPS) is 21.0. The highest BCUT2D eigenvalue weighted by Crippen LogP contribution is 2.27. The zero-order valence-electron chi connectivity index (χ0n) is 11.8. The molecule has 2 atom stereocenters. The molecule has 2 unspecified atom stereocenters. The summed E-state index contributed by atoms with van der Waals surface area (Å²) in [5, 5.41) is 12.5. The van der Waals surface area contributed by atoms with Gasteiger partial charge in [-0.05, 0) is 31.0 Å². The molecule has 1 saturated carbocycles. The highest BCUT2D eigenvalue weighted by Gasteiger charge is 2.33. The van der Waals surface area contributed by atoms with Gasteiger partial charge >= 0.3 is 5.97 Å². The minimum absolute atomic E-state index is 0.118. The minimum Gasteiger partial charge on any atom is -0.496 e. The van der Waals surface area contributed by atoms with Gasteiger partial charge in [-0.1, -0.05) is 18.0 Å². The van der Waals surface area contributed by atoms with E-state index in [4.69, 9.17) is 21.4 Å². The Bertz CT molecular complexity index is 546. The molecule has 0 radical (unpaired) electrons. The maximum Gasteiger partial charge on any atom is 0.308 e. The number of rotatable bonds is 5. The Morgan fingerprint density at radius 3 is 2.86 bits per heavy atom. The number of aliphatic carboxylic acids is 1. The van der Waals surface area contributed by atoms with Crippen LogP contribution in [0, 0.1) is 5.92 Å². The second-order valence-corrected chi connectivity index (χ2v) is 5.62. The lowest BCUT2D eigenvalue weighted by molar-refractivity contribution is -0.142. The summed E-state index contributed by atoms with van der Waals surface area (Å²) in [4.78, 5) is 23.2. The summed E-state index contributed by atoms with van der Waals surface area (Å²) in [6.07, 6.45) is 2.26. The molecule has 6 heteroatoms. The monoisotopic (exact) mass is 311 g/mol. The number of amides is 1. The first-order valence-corrected chi connectivity index (χ1v) is 7.23. The van der Waals surface area contributed by atoms with Gasteiger partial charge in [0.05, 0.1) is 19.4 Å². The second kappa shape index (κ2) is 6.80. The number of carboxylic acid groups (broad SMARTS) is 1. The summed E-state index contributed by atoms with van der Waals surface area (Å²) >= 11 is 5.93. The van der Waals surface area contributed by atoms with E-state index in [0.29, 0.717) is 29.2 Å². The van der Waals surface area contributed by atoms with E-state index < -0.39 is 11.9 Å². The van der Waals surface area contributed by atoms with Crippen LogP contribution in [0.25, 0.3) is 0 Å². The summed E-state index contributed by atoms with van der Waals surface area (Å²) < 4.78 is 5.20. The van der Waals surface area contributed by atoms with Crippen LogP contribution in [-0.4, -0.2) is 30.1 Å². The van der Waals surface area contributed by atoms with E-state index in [1.54, 1.807) is 18.2 Å². The van der Waals surface area contributed by atoms with Crippen LogP contribution in [-0.2, 0) is 16.0 Å². The molecule has 0 saturated heterocycles. The third-order valence-electron chi connectivity index (χ3n) is 3.77. The molecule has 0 aliphatic heterocycles. The van der Waals surface area contributed by atoms with Gasteiger partial charge in [0, 0.05) is 16.6 Å². The zero-order chi connectivity index (χ0) is 15.4. The van der Waals surface area contributed by atoms with Crippen molar-refractivity contribution in [3.63, 3.8) is 0 Å². The van der Waals surface area contributed by atoms with Gasteiger partial charge in [-0.2, -0.15) is 0 Å². The molecule has 2 N–H and O–H groups in total. The molecule has 2 rings (SSSR count). The van der Waals surface area contributed by atoms with Gasteiger partial charge in [0.25, 0.3) is 0 Å². The van der Waals surface area contributed by atoms with Crippen LogP contribution in [0.15, 0.2) is 18.2 Å². The molecule has 0 spiro atoms. The van der Waals surface area contributed by atoms with E-state index in [0.717, 1.165) is 6.42 Å². The lowest BCUT2D eigenvalue weighted by Crippen LogP contribution is -2.40. The maximum atomic E-state index is 12.1. The molecule has 0 bridgehead atoms. The molecular weight excluding hydrogens is 294 g/mol. The van der Waals surface area contributed by atoms with Crippen molar-refractivity contribution >= 4 is 23.5 Å². The molecule has 1 aliphatic rings. The number of benzene rings is 1. The number of carbonyl (C=O) groups excluding carboxylic acids is 1. The standard InChI is InChI=1S/C15H18ClNO4/c1-21-13-6-5-10(16)7-9(13)8-14(18)17-12-4-2-3-11(12)15(19)20/h5-7,11-12H,2-4,8H2,1H3,(H,17,18)(H,19,20). The SMILES string of the molecule is COc1ccc(Cl)cc1CC(=O)NC1CCCC1C(=O)O. The number of carbonyl (C=O) groups is 2. The molecule has 0 aromatic heterocycles. The average Bonchev–Trinajstić information content (AvgIpc) is 2.87. The Morgan fingerprint density at radius 2 is 2.19 bits per heavy atom. The van der Waals surface area contributed by atoms with Crippen molar-refractivity contribution in [2.75, 3.05) is 7.11 Å². The first-order chi connectivity index (χ1) is 10.0. The van der Waals surface area contributed by atoms with Gasteiger partial charge in [-0.3, -0.25) is 9.59 Å². The smallest absolute Gasteiger partial charge is 0.308 e. The fourth-order valence-corrected chi connectivity index (χ4v) is 2.94. The van der Waals surface area contributed by atoms with E-state index >= 15 is 0 Å². The van der Waals surface area contributed by atoms with Crippen LogP contribution in [0.5, 0.6) is 5.75 Å². The van der Waals surface area contributed by atoms with E-state index in [1.807, 2.05) is 0 Å². The van der Waals surface area contributed by atoms with Crippen LogP contribution in [0.2, 0.25) is 5.02 Å². The zero-order valence-corrected chi connectivity index (χ0v) is 12.5. The van der Waals surface area contributed by atoms with Gasteiger partial charge in [0.1, 0.15) is 5.75 Å². The molecule has 1 fully saturated rings. The van der Waals surface area contributed by atoms with Crippen LogP contribution in [0.1, 0.15) is 24.8 Å². The fourth-order valence-electron chi connectivity index (χ4n) is 2.74. The average molecular weight is 312 g/mol. The summed E-state index contributed by atoms with van der Waals surface area (Å²) in [5.41, 5.74) is 0.687. The summed E-state index contributed by atoms with van der Waals surface area (Å²) in [7, 11) is 1.53. The number of hydrogen-bond donors (Lipinski definition) is 2. The molecule has 1 aromatic rings. The van der Waals surface area contributed by atoms with Crippen molar-refractivity contribution in [2.45, 2.75) is 31.7 Å². The van der Waals surface area contributed by atoms with Crippen LogP contribution in [0.4, 0.5) is 0 Å². The largest absolute Gasteiger partial charge is 0.496 e. The molecule has 1 aromatic carbocycles. The van der Waals surface area contributed by atoms with Crippen molar-refractivity contribution in [1.82, 2.24) is 5.32 Å². The molecule has 1 aliphatic carbocycles. The Balaban J connectivity index is 2.02. The van der Waals surface area contributed by atoms with Crippen LogP contribution >= 0.6 is 11.6 Å². The van der Waals surface area contributed by atoms with Crippen LogP contribution in [0.3, 0.4) is 0 Å². The molecule has 114 valence electrons. The number of ether oxygens (including phenoxy) is 1. The number of methoxy groups -OCH3 is 1. The van der Waals surface area contributed by atoms with Gasteiger partial charge in [-0.25, -0.2) is 0 Å². The molecule has 0 heterocycles. The molecule has 1 amide bonds. The van der Waals surface area contributed by atoms with Gasteiger partial charge in [-0.15, -0.1) is 0 Å². The van der Waals surface area contributed by atoms with E-state index in [2.05, 4.69) is 5.32 Å². The molecule has 21 heavy (non-hydrogen) atoms. The highest BCUT2D eigenvalue weighted by molar-refractivity contribution is 6.30. The van der Waals surface area contributed by atoms with E-state index in [1.165, 1.54) is 7.11 Å². The van der Waals surface area contributed by atoms with Crippen molar-refractivity contribution in [3.8, 4) is 5.75 Å². The Hall–Kier alpha value is -1.75. The topological polar surface area (TPSA) is 75.6 Å². The third-order valence-corrected chi connectivity index (χ3v) is 4.01. The van der Waals surface area contributed by atoms with Gasteiger partial charge < -0.3 is 15.2 Å². The first kappa shape index (κ1) is 15.6. The van der Waals surface area contributed by atoms with E-state index in [9.17, 15) is 9.59 Å². The Labute approximate surface area is 128 Å². The third kappa shape index (κ3) is 3.88. The van der Waals surface area contributed by atoms with E-state index in [-0.39, 0.29) is 18.4 Å². The van der Waals surface area contributed by atoms with Crippen molar-refractivity contribution in [2.24, 2.45) is 5.92 Å². The summed E-state index contributed by atoms with van der Waals surface area (Å²) in [6.45, 7) is 0. The number of carboxylic acids is 1. The highest BCUT2D eigenvalue weighted by atomic mass is 35.5. The molecule has 5 nitrogen and oxygen atoms in total. The number of hydrogen-bond acceptors (Lipinski definition) is 3. The lowest BCUT2D eigenvalue weighted by atomic mass is 10.0. The Morgan fingerprint density at radius 1 is 1.43 bits per heavy atom. The maximum absolute atomic E-state index is 12.1. The number of halogens is 1. The van der Waals surface area contributed by atoms with Crippen molar-refractivity contribution in [1.29, 1.82) is 0 Å². The fraction of sp³-hybridized carbons (Fsp3) is 0.467. The van der Waals surface area contributed by atoms with Crippen molar-refractivity contribution < 1.29 is 19.4 Å². The van der Waals surface area contributed by atoms with Gasteiger partial charge in [0.15, 0.2) is 0 Å². The van der Waals surface area contributed by atoms with Crippen molar-refractivity contribution in [3.05, 3.63) is 28.8 Å².